The van der Waals surface area contributed by atoms with Crippen LogP contribution in [0.25, 0.3) is 0 Å². The van der Waals surface area contributed by atoms with Crippen molar-refractivity contribution in [2.24, 2.45) is 0 Å². The van der Waals surface area contributed by atoms with Crippen LogP contribution in [0.4, 0.5) is 0 Å². The lowest BCUT2D eigenvalue weighted by Crippen LogP contribution is -2.14. The van der Waals surface area contributed by atoms with Crippen molar-refractivity contribution in [1.82, 2.24) is 4.90 Å². The molecular weight excluding hydrogens is 98.1 g/mol. The molecule has 0 atom stereocenters. The quantitative estimate of drug-likeness (QED) is 0.500. The molecule has 1 heteroatoms. The molecule has 8 heavy (non-hydrogen) atoms. The van der Waals surface area contributed by atoms with Gasteiger partial charge in [-0.25, -0.2) is 0 Å². The number of nitrogens with zero attached hydrogens (tertiary/aromatic N) is 1. The molecule has 0 saturated carbocycles. The Kier molecular flexibility index (Phi) is 3.01. The summed E-state index contributed by atoms with van der Waals surface area (Å²) in [4.78, 5) is 2.03. The summed E-state index contributed by atoms with van der Waals surface area (Å²) in [6.45, 7) is 10.2. The molecule has 0 radical (unpaired) electrons. The molecule has 0 aromatic heterocycles. The monoisotopic (exact) mass is 111 g/mol. The van der Waals surface area contributed by atoms with E-state index in [2.05, 4.69) is 13.2 Å². The van der Waals surface area contributed by atoms with Crippen molar-refractivity contribution >= 4 is 0 Å². The predicted molar refractivity (Wildman–Crippen MR) is 37.6 cm³/mol. The summed E-state index contributed by atoms with van der Waals surface area (Å²) in [6, 6.07) is 0. The summed E-state index contributed by atoms with van der Waals surface area (Å²) >= 11 is 0. The Balaban J connectivity index is 3.46. The third-order valence-corrected chi connectivity index (χ3v) is 1.05. The van der Waals surface area contributed by atoms with Crippen LogP contribution < -0.4 is 0 Å². The second-order valence-electron chi connectivity index (χ2n) is 1.90. The Bertz CT molecular complexity index is 94.6. The van der Waals surface area contributed by atoms with Gasteiger partial charge in [-0.1, -0.05) is 12.7 Å². The summed E-state index contributed by atoms with van der Waals surface area (Å²) in [5.74, 6) is 0. The molecule has 0 aromatic rings. The van der Waals surface area contributed by atoms with Crippen LogP contribution in [0.2, 0.25) is 0 Å². The molecule has 0 fully saturated rings. The summed E-state index contributed by atoms with van der Waals surface area (Å²) in [7, 11) is 1.99. The van der Waals surface area contributed by atoms with Crippen LogP contribution in [0.15, 0.2) is 24.9 Å². The molecule has 0 aromatic carbocycles. The molecule has 0 aliphatic heterocycles. The van der Waals surface area contributed by atoms with Gasteiger partial charge >= 0.3 is 0 Å². The van der Waals surface area contributed by atoms with E-state index in [9.17, 15) is 0 Å². The van der Waals surface area contributed by atoms with E-state index < -0.39 is 0 Å². The van der Waals surface area contributed by atoms with Gasteiger partial charge in [0.1, 0.15) is 0 Å². The fourth-order valence-electron chi connectivity index (χ4n) is 0.349. The summed E-state index contributed by atoms with van der Waals surface area (Å²) in [5, 5.41) is 0. The van der Waals surface area contributed by atoms with Crippen molar-refractivity contribution in [3.05, 3.63) is 24.9 Å². The van der Waals surface area contributed by atoms with Crippen LogP contribution in [0.1, 0.15) is 6.92 Å². The molecule has 0 amide bonds. The van der Waals surface area contributed by atoms with Crippen molar-refractivity contribution in [2.75, 3.05) is 13.6 Å². The molecule has 0 saturated heterocycles. The molecule has 0 rings (SSSR count). The van der Waals surface area contributed by atoms with Gasteiger partial charge in [-0.05, 0) is 6.92 Å². The van der Waals surface area contributed by atoms with E-state index in [1.54, 1.807) is 0 Å². The first-order valence-electron chi connectivity index (χ1n) is 2.66. The molecular formula is C7H13N. The Morgan fingerprint density at radius 2 is 2.25 bits per heavy atom. The van der Waals surface area contributed by atoms with E-state index in [1.165, 1.54) is 0 Å². The summed E-state index contributed by atoms with van der Waals surface area (Å²) < 4.78 is 0. The normalized spacial score (nSPS) is 8.25. The molecule has 0 aliphatic rings. The highest BCUT2D eigenvalue weighted by molar-refractivity contribution is 4.89. The zero-order valence-corrected chi connectivity index (χ0v) is 5.65. The van der Waals surface area contributed by atoms with Crippen molar-refractivity contribution in [3.63, 3.8) is 0 Å². The molecule has 1 nitrogen and oxygen atoms in total. The lowest BCUT2D eigenvalue weighted by Gasteiger charge is -2.15. The minimum atomic E-state index is 0.884. The lowest BCUT2D eigenvalue weighted by molar-refractivity contribution is 0.468. The molecule has 46 valence electrons. The topological polar surface area (TPSA) is 3.24 Å². The number of allylic oxidation sites excluding steroid dienone is 1. The first-order valence-corrected chi connectivity index (χ1v) is 2.66. The van der Waals surface area contributed by atoms with Crippen molar-refractivity contribution in [3.8, 4) is 0 Å². The Morgan fingerprint density at radius 3 is 2.38 bits per heavy atom. The van der Waals surface area contributed by atoms with Crippen LogP contribution in [0.3, 0.4) is 0 Å². The number of hydrogen-bond acceptors (Lipinski definition) is 1. The van der Waals surface area contributed by atoms with Crippen LogP contribution in [0, 0.1) is 0 Å². The van der Waals surface area contributed by atoms with Gasteiger partial charge in [0, 0.05) is 19.3 Å². The predicted octanol–water partition coefficient (Wildman–Crippen LogP) is 1.64. The average molecular weight is 111 g/mol. The molecule has 0 N–H and O–H groups in total. The van der Waals surface area contributed by atoms with Gasteiger partial charge in [0.25, 0.3) is 0 Å². The largest absolute Gasteiger partial charge is 0.375 e. The van der Waals surface area contributed by atoms with E-state index in [-0.39, 0.29) is 0 Å². The van der Waals surface area contributed by atoms with Gasteiger partial charge in [0.05, 0.1) is 0 Å². The van der Waals surface area contributed by atoms with Gasteiger partial charge < -0.3 is 4.90 Å². The highest BCUT2D eigenvalue weighted by Gasteiger charge is 1.88. The van der Waals surface area contributed by atoms with E-state index in [4.69, 9.17) is 0 Å². The second kappa shape index (κ2) is 3.30. The average Bonchev–Trinajstić information content (AvgIpc) is 1.67. The van der Waals surface area contributed by atoms with E-state index in [0.717, 1.165) is 12.2 Å². The Labute approximate surface area is 51.3 Å². The van der Waals surface area contributed by atoms with Crippen LogP contribution in [0.5, 0.6) is 0 Å². The molecule has 0 aliphatic carbocycles. The van der Waals surface area contributed by atoms with Crippen molar-refractivity contribution < 1.29 is 0 Å². The lowest BCUT2D eigenvalue weighted by atomic mass is 10.4. The maximum Gasteiger partial charge on any atom is 0.0350 e. The number of likely N-dealkylation sites (N-methyl/N-ethyl adjacent to an activating group) is 1. The second-order valence-corrected chi connectivity index (χ2v) is 1.90. The van der Waals surface area contributed by atoms with Gasteiger partial charge in [-0.15, -0.1) is 6.58 Å². The Morgan fingerprint density at radius 1 is 1.75 bits per heavy atom. The van der Waals surface area contributed by atoms with Gasteiger partial charge in [-0.3, -0.25) is 0 Å². The minimum Gasteiger partial charge on any atom is -0.375 e. The Hall–Kier alpha value is -0.720. The van der Waals surface area contributed by atoms with Gasteiger partial charge in [0.15, 0.2) is 0 Å². The maximum atomic E-state index is 3.75. The number of hydrogen-bond donors (Lipinski definition) is 0. The smallest absolute Gasteiger partial charge is 0.0350 e. The fourth-order valence-corrected chi connectivity index (χ4v) is 0.349. The van der Waals surface area contributed by atoms with Crippen molar-refractivity contribution in [2.45, 2.75) is 6.92 Å². The zero-order chi connectivity index (χ0) is 6.57. The van der Waals surface area contributed by atoms with Gasteiger partial charge in [0.2, 0.25) is 0 Å². The molecule has 0 unspecified atom stereocenters. The van der Waals surface area contributed by atoms with Crippen LogP contribution >= 0.6 is 0 Å². The van der Waals surface area contributed by atoms with Crippen LogP contribution in [-0.4, -0.2) is 18.5 Å². The standard InChI is InChI=1S/C7H13N/c1-5-6-8(4)7(2)3/h5H,1-2,6H2,3-4H3. The third-order valence-electron chi connectivity index (χ3n) is 1.05. The highest BCUT2D eigenvalue weighted by Crippen LogP contribution is 1.93. The molecule has 0 heterocycles. The van der Waals surface area contributed by atoms with E-state index >= 15 is 0 Å². The minimum absolute atomic E-state index is 0.884. The fraction of sp³-hybridized carbons (Fsp3) is 0.429. The summed E-state index contributed by atoms with van der Waals surface area (Å²) in [5.41, 5.74) is 1.07. The van der Waals surface area contributed by atoms with Crippen molar-refractivity contribution in [1.29, 1.82) is 0 Å². The van der Waals surface area contributed by atoms with E-state index in [1.807, 2.05) is 24.9 Å². The zero-order valence-electron chi connectivity index (χ0n) is 5.65. The SMILES string of the molecule is C=CCN(C)C(=C)C. The molecule has 0 spiro atoms. The van der Waals surface area contributed by atoms with Gasteiger partial charge in [-0.2, -0.15) is 0 Å². The van der Waals surface area contributed by atoms with E-state index in [0.29, 0.717) is 0 Å². The summed E-state index contributed by atoms with van der Waals surface area (Å²) in [6.07, 6.45) is 1.86. The van der Waals surface area contributed by atoms with Crippen LogP contribution in [-0.2, 0) is 0 Å². The maximum absolute atomic E-state index is 3.75. The molecule has 0 bridgehead atoms. The first-order chi connectivity index (χ1) is 3.68. The number of rotatable bonds is 3. The first kappa shape index (κ1) is 7.28. The third kappa shape index (κ3) is 2.45. The highest BCUT2D eigenvalue weighted by atomic mass is 15.1.